The zero-order valence-electron chi connectivity index (χ0n) is 18.0. The summed E-state index contributed by atoms with van der Waals surface area (Å²) in [6.45, 7) is 0.0628. The molecule has 1 aromatic heterocycles. The SMILES string of the molecule is COc1ccc(CN2C(=O)NC(CC(=O)Nc3ccc4ccn(C)c4c3)C2=O)cc1OC. The molecule has 9 nitrogen and oxygen atoms in total. The molecule has 2 aromatic carbocycles. The second kappa shape index (κ2) is 8.62. The third-order valence-electron chi connectivity index (χ3n) is 5.46. The number of hydrogen-bond donors (Lipinski definition) is 2. The van der Waals surface area contributed by atoms with Crippen LogP contribution in [0.1, 0.15) is 12.0 Å². The highest BCUT2D eigenvalue weighted by atomic mass is 16.5. The Balaban J connectivity index is 1.40. The molecule has 4 amide bonds. The quantitative estimate of drug-likeness (QED) is 0.555. The maximum Gasteiger partial charge on any atom is 0.325 e. The highest BCUT2D eigenvalue weighted by Crippen LogP contribution is 2.28. The number of nitrogens with one attached hydrogen (secondary N) is 2. The number of fused-ring (bicyclic) bond motifs is 1. The van der Waals surface area contributed by atoms with Crippen LogP contribution in [0.2, 0.25) is 0 Å². The van der Waals surface area contributed by atoms with Crippen LogP contribution in [-0.2, 0) is 23.2 Å². The number of aryl methyl sites for hydroxylation is 1. The Kier molecular flexibility index (Phi) is 5.72. The monoisotopic (exact) mass is 436 g/mol. The van der Waals surface area contributed by atoms with Gasteiger partial charge in [0.1, 0.15) is 6.04 Å². The molecule has 1 saturated heterocycles. The summed E-state index contributed by atoms with van der Waals surface area (Å²) in [7, 11) is 4.97. The Hall–Kier alpha value is -4.01. The number of imide groups is 1. The van der Waals surface area contributed by atoms with Crippen molar-refractivity contribution in [2.75, 3.05) is 19.5 Å². The van der Waals surface area contributed by atoms with Gasteiger partial charge < -0.3 is 24.7 Å². The van der Waals surface area contributed by atoms with Gasteiger partial charge in [-0.05, 0) is 41.3 Å². The molecular weight excluding hydrogens is 412 g/mol. The molecule has 4 rings (SSSR count). The van der Waals surface area contributed by atoms with Gasteiger partial charge in [0.25, 0.3) is 5.91 Å². The smallest absolute Gasteiger partial charge is 0.325 e. The van der Waals surface area contributed by atoms with Crippen LogP contribution in [0, 0.1) is 0 Å². The zero-order chi connectivity index (χ0) is 22.8. The molecular formula is C23H24N4O5. The fourth-order valence-electron chi connectivity index (χ4n) is 3.76. The van der Waals surface area contributed by atoms with Gasteiger partial charge in [-0.2, -0.15) is 0 Å². The number of aromatic nitrogens is 1. The molecule has 9 heteroatoms. The van der Waals surface area contributed by atoms with E-state index in [1.165, 1.54) is 14.2 Å². The van der Waals surface area contributed by atoms with E-state index in [9.17, 15) is 14.4 Å². The van der Waals surface area contributed by atoms with Gasteiger partial charge in [-0.3, -0.25) is 14.5 Å². The summed E-state index contributed by atoms with van der Waals surface area (Å²) in [5, 5.41) is 6.46. The summed E-state index contributed by atoms with van der Waals surface area (Å²) < 4.78 is 12.4. The highest BCUT2D eigenvalue weighted by Gasteiger charge is 2.39. The molecule has 32 heavy (non-hydrogen) atoms. The third-order valence-corrected chi connectivity index (χ3v) is 5.46. The van der Waals surface area contributed by atoms with Gasteiger partial charge in [0.2, 0.25) is 5.91 Å². The Morgan fingerprint density at radius 1 is 1.06 bits per heavy atom. The zero-order valence-corrected chi connectivity index (χ0v) is 18.0. The Bertz CT molecular complexity index is 1200. The Morgan fingerprint density at radius 3 is 2.59 bits per heavy atom. The van der Waals surface area contributed by atoms with Gasteiger partial charge in [-0.1, -0.05) is 12.1 Å². The predicted octanol–water partition coefficient (Wildman–Crippen LogP) is 2.64. The van der Waals surface area contributed by atoms with E-state index in [-0.39, 0.29) is 18.9 Å². The minimum absolute atomic E-state index is 0.0628. The lowest BCUT2D eigenvalue weighted by Crippen LogP contribution is -2.34. The lowest BCUT2D eigenvalue weighted by atomic mass is 10.1. The van der Waals surface area contributed by atoms with E-state index >= 15 is 0 Å². The molecule has 0 bridgehead atoms. The van der Waals surface area contributed by atoms with Crippen molar-refractivity contribution in [3.63, 3.8) is 0 Å². The van der Waals surface area contributed by atoms with Crippen LogP contribution in [0.15, 0.2) is 48.7 Å². The average Bonchev–Trinajstić information content (AvgIpc) is 3.27. The van der Waals surface area contributed by atoms with E-state index in [1.807, 2.05) is 36.0 Å². The largest absolute Gasteiger partial charge is 0.493 e. The molecule has 1 fully saturated rings. The van der Waals surface area contributed by atoms with Crippen molar-refractivity contribution < 1.29 is 23.9 Å². The van der Waals surface area contributed by atoms with Gasteiger partial charge in [-0.15, -0.1) is 0 Å². The van der Waals surface area contributed by atoms with Crippen molar-refractivity contribution in [1.29, 1.82) is 0 Å². The first-order chi connectivity index (χ1) is 15.4. The summed E-state index contributed by atoms with van der Waals surface area (Å²) in [4.78, 5) is 38.8. The van der Waals surface area contributed by atoms with Crippen LogP contribution in [0.3, 0.4) is 0 Å². The molecule has 1 unspecified atom stereocenters. The van der Waals surface area contributed by atoms with Crippen molar-refractivity contribution in [1.82, 2.24) is 14.8 Å². The number of amides is 4. The number of hydrogen-bond acceptors (Lipinski definition) is 5. The van der Waals surface area contributed by atoms with Crippen molar-refractivity contribution in [2.24, 2.45) is 7.05 Å². The molecule has 0 spiro atoms. The van der Waals surface area contributed by atoms with Crippen LogP contribution in [0.5, 0.6) is 11.5 Å². The minimum atomic E-state index is -0.915. The summed E-state index contributed by atoms with van der Waals surface area (Å²) in [5.74, 6) is 0.252. The van der Waals surface area contributed by atoms with E-state index in [2.05, 4.69) is 10.6 Å². The summed E-state index contributed by atoms with van der Waals surface area (Å²) in [6.07, 6.45) is 1.79. The fourth-order valence-corrected chi connectivity index (χ4v) is 3.76. The number of anilines is 1. The number of carbonyl (C=O) groups is 3. The Labute approximate surface area is 184 Å². The van der Waals surface area contributed by atoms with Crippen LogP contribution in [-0.4, -0.2) is 47.6 Å². The third kappa shape index (κ3) is 4.09. The standard InChI is InChI=1S/C23H24N4O5/c1-26-9-8-15-5-6-16(11-18(15)26)24-21(28)12-17-22(29)27(23(30)25-17)13-14-4-7-19(31-2)20(10-14)32-3/h4-11,17H,12-13H2,1-3H3,(H,24,28)(H,25,30). The number of benzene rings is 2. The number of rotatable bonds is 7. The van der Waals surface area contributed by atoms with E-state index in [4.69, 9.17) is 9.47 Å². The van der Waals surface area contributed by atoms with Crippen LogP contribution >= 0.6 is 0 Å². The van der Waals surface area contributed by atoms with Crippen LogP contribution in [0.25, 0.3) is 10.9 Å². The topological polar surface area (TPSA) is 102 Å². The van der Waals surface area contributed by atoms with E-state index in [1.54, 1.807) is 24.3 Å². The average molecular weight is 436 g/mol. The van der Waals surface area contributed by atoms with Crippen LogP contribution < -0.4 is 20.1 Å². The summed E-state index contributed by atoms with van der Waals surface area (Å²) in [5.41, 5.74) is 2.31. The van der Waals surface area contributed by atoms with E-state index < -0.39 is 18.0 Å². The molecule has 1 atom stereocenters. The molecule has 166 valence electrons. The predicted molar refractivity (Wildman–Crippen MR) is 119 cm³/mol. The molecule has 1 aliphatic rings. The number of carbonyl (C=O) groups excluding carboxylic acids is 3. The molecule has 1 aliphatic heterocycles. The number of methoxy groups -OCH3 is 2. The molecule has 2 N–H and O–H groups in total. The van der Waals surface area contributed by atoms with Gasteiger partial charge >= 0.3 is 6.03 Å². The molecule has 0 saturated carbocycles. The van der Waals surface area contributed by atoms with E-state index in [0.717, 1.165) is 15.8 Å². The second-order valence-electron chi connectivity index (χ2n) is 7.57. The van der Waals surface area contributed by atoms with Crippen molar-refractivity contribution in [2.45, 2.75) is 19.0 Å². The first kappa shape index (κ1) is 21.2. The lowest BCUT2D eigenvalue weighted by molar-refractivity contribution is -0.130. The van der Waals surface area contributed by atoms with Crippen molar-refractivity contribution >= 4 is 34.4 Å². The number of nitrogens with zero attached hydrogens (tertiary/aromatic N) is 2. The van der Waals surface area contributed by atoms with Gasteiger partial charge in [0.05, 0.1) is 27.2 Å². The molecule has 3 aromatic rings. The first-order valence-electron chi connectivity index (χ1n) is 10.1. The molecule has 0 radical (unpaired) electrons. The van der Waals surface area contributed by atoms with Gasteiger partial charge in [0, 0.05) is 24.4 Å². The number of urea groups is 1. The lowest BCUT2D eigenvalue weighted by Gasteiger charge is -2.15. The maximum absolute atomic E-state index is 12.8. The highest BCUT2D eigenvalue weighted by molar-refractivity contribution is 6.07. The first-order valence-corrected chi connectivity index (χ1v) is 10.1. The summed E-state index contributed by atoms with van der Waals surface area (Å²) in [6, 6.07) is 11.3. The fraction of sp³-hybridized carbons (Fsp3) is 0.261. The van der Waals surface area contributed by atoms with Gasteiger partial charge in [-0.25, -0.2) is 4.79 Å². The van der Waals surface area contributed by atoms with Crippen molar-refractivity contribution in [3.8, 4) is 11.5 Å². The Morgan fingerprint density at radius 2 is 1.84 bits per heavy atom. The second-order valence-corrected chi connectivity index (χ2v) is 7.57. The normalized spacial score (nSPS) is 15.7. The maximum atomic E-state index is 12.8. The molecule has 0 aliphatic carbocycles. The van der Waals surface area contributed by atoms with Crippen LogP contribution in [0.4, 0.5) is 10.5 Å². The van der Waals surface area contributed by atoms with Gasteiger partial charge in [0.15, 0.2) is 11.5 Å². The van der Waals surface area contributed by atoms with E-state index in [0.29, 0.717) is 22.7 Å². The number of ether oxygens (including phenoxy) is 2. The van der Waals surface area contributed by atoms with Crippen molar-refractivity contribution in [3.05, 3.63) is 54.2 Å². The summed E-state index contributed by atoms with van der Waals surface area (Å²) >= 11 is 0. The minimum Gasteiger partial charge on any atom is -0.493 e. The molecule has 2 heterocycles.